The molecule has 0 spiro atoms. The van der Waals surface area contributed by atoms with Crippen molar-refractivity contribution in [2.75, 3.05) is 18.8 Å². The van der Waals surface area contributed by atoms with Gasteiger partial charge in [0.2, 0.25) is 0 Å². The summed E-state index contributed by atoms with van der Waals surface area (Å²) in [7, 11) is 0. The number of benzene rings is 1. The van der Waals surface area contributed by atoms with Crippen LogP contribution in [0, 0.1) is 11.7 Å². The maximum absolute atomic E-state index is 13.1. The Labute approximate surface area is 81.7 Å². The molecule has 1 saturated heterocycles. The standard InChI is InChI=1S/C10H12FNS/c11-9-3-1-2-4-10(9)13-7-8-5-12-6-8/h1-4,8,12H,5-7H2. The van der Waals surface area contributed by atoms with Gasteiger partial charge in [0.1, 0.15) is 5.82 Å². The topological polar surface area (TPSA) is 12.0 Å². The average Bonchev–Trinajstić information content (AvgIpc) is 2.05. The molecule has 0 aliphatic carbocycles. The van der Waals surface area contributed by atoms with Gasteiger partial charge >= 0.3 is 0 Å². The van der Waals surface area contributed by atoms with Crippen LogP contribution in [-0.2, 0) is 0 Å². The third-order valence-corrected chi connectivity index (χ3v) is 3.46. The summed E-state index contributed by atoms with van der Waals surface area (Å²) in [6.07, 6.45) is 0. The van der Waals surface area contributed by atoms with Crippen LogP contribution in [0.25, 0.3) is 0 Å². The Morgan fingerprint density at radius 2 is 2.15 bits per heavy atom. The molecule has 1 fully saturated rings. The zero-order chi connectivity index (χ0) is 9.10. The molecule has 1 aliphatic rings. The quantitative estimate of drug-likeness (QED) is 0.745. The monoisotopic (exact) mass is 197 g/mol. The molecule has 3 heteroatoms. The molecular formula is C10H12FNS. The first-order valence-electron chi connectivity index (χ1n) is 4.44. The van der Waals surface area contributed by atoms with E-state index in [1.165, 1.54) is 6.07 Å². The maximum Gasteiger partial charge on any atom is 0.136 e. The van der Waals surface area contributed by atoms with Gasteiger partial charge in [-0.1, -0.05) is 12.1 Å². The summed E-state index contributed by atoms with van der Waals surface area (Å²) in [4.78, 5) is 0.773. The van der Waals surface area contributed by atoms with Gasteiger partial charge in [-0.2, -0.15) is 0 Å². The van der Waals surface area contributed by atoms with Crippen molar-refractivity contribution < 1.29 is 4.39 Å². The summed E-state index contributed by atoms with van der Waals surface area (Å²) in [5.74, 6) is 1.65. The van der Waals surface area contributed by atoms with Gasteiger partial charge in [0.15, 0.2) is 0 Å². The second kappa shape index (κ2) is 4.11. The summed E-state index contributed by atoms with van der Waals surface area (Å²) >= 11 is 1.62. The summed E-state index contributed by atoms with van der Waals surface area (Å²) in [5, 5.41) is 3.21. The highest BCUT2D eigenvalue weighted by atomic mass is 32.2. The van der Waals surface area contributed by atoms with Crippen LogP contribution >= 0.6 is 11.8 Å². The Bertz CT molecular complexity index is 286. The van der Waals surface area contributed by atoms with Gasteiger partial charge in [0.25, 0.3) is 0 Å². The molecule has 70 valence electrons. The van der Waals surface area contributed by atoms with Gasteiger partial charge in [-0.05, 0) is 31.1 Å². The molecule has 1 aromatic carbocycles. The first-order valence-corrected chi connectivity index (χ1v) is 5.43. The van der Waals surface area contributed by atoms with Crippen LogP contribution in [-0.4, -0.2) is 18.8 Å². The van der Waals surface area contributed by atoms with E-state index in [1.54, 1.807) is 17.8 Å². The first-order chi connectivity index (χ1) is 6.36. The normalized spacial score (nSPS) is 17.0. The smallest absolute Gasteiger partial charge is 0.136 e. The number of halogens is 1. The zero-order valence-electron chi connectivity index (χ0n) is 7.29. The predicted molar refractivity (Wildman–Crippen MR) is 53.5 cm³/mol. The van der Waals surface area contributed by atoms with Crippen LogP contribution in [0.3, 0.4) is 0 Å². The third-order valence-electron chi connectivity index (χ3n) is 2.18. The molecule has 13 heavy (non-hydrogen) atoms. The van der Waals surface area contributed by atoms with Crippen molar-refractivity contribution in [3.05, 3.63) is 30.1 Å². The fourth-order valence-electron chi connectivity index (χ4n) is 1.24. The van der Waals surface area contributed by atoms with Crippen LogP contribution in [0.2, 0.25) is 0 Å². The van der Waals surface area contributed by atoms with Gasteiger partial charge in [0, 0.05) is 10.6 Å². The van der Waals surface area contributed by atoms with E-state index < -0.39 is 0 Å². The van der Waals surface area contributed by atoms with Gasteiger partial charge in [0.05, 0.1) is 0 Å². The highest BCUT2D eigenvalue weighted by molar-refractivity contribution is 7.99. The Kier molecular flexibility index (Phi) is 2.86. The van der Waals surface area contributed by atoms with E-state index >= 15 is 0 Å². The molecule has 0 aromatic heterocycles. The zero-order valence-corrected chi connectivity index (χ0v) is 8.11. The lowest BCUT2D eigenvalue weighted by molar-refractivity contribution is 0.385. The fourth-order valence-corrected chi connectivity index (χ4v) is 2.27. The minimum absolute atomic E-state index is 0.0974. The Hall–Kier alpha value is -0.540. The minimum Gasteiger partial charge on any atom is -0.316 e. The third kappa shape index (κ3) is 2.23. The summed E-state index contributed by atoms with van der Waals surface area (Å²) < 4.78 is 13.1. The van der Waals surface area contributed by atoms with E-state index in [1.807, 2.05) is 12.1 Å². The van der Waals surface area contributed by atoms with Gasteiger partial charge in [-0.15, -0.1) is 11.8 Å². The molecule has 2 rings (SSSR count). The van der Waals surface area contributed by atoms with Crippen LogP contribution in [0.4, 0.5) is 4.39 Å². The molecule has 0 bridgehead atoms. The van der Waals surface area contributed by atoms with Crippen LogP contribution < -0.4 is 5.32 Å². The molecule has 1 aliphatic heterocycles. The van der Waals surface area contributed by atoms with Crippen molar-refractivity contribution >= 4 is 11.8 Å². The van der Waals surface area contributed by atoms with Crippen molar-refractivity contribution in [3.8, 4) is 0 Å². The maximum atomic E-state index is 13.1. The molecule has 1 heterocycles. The molecule has 0 atom stereocenters. The lowest BCUT2D eigenvalue weighted by Gasteiger charge is -2.26. The van der Waals surface area contributed by atoms with Crippen molar-refractivity contribution in [1.29, 1.82) is 0 Å². The lowest BCUT2D eigenvalue weighted by atomic mass is 10.1. The summed E-state index contributed by atoms with van der Waals surface area (Å²) in [5.41, 5.74) is 0. The van der Waals surface area contributed by atoms with Gasteiger partial charge < -0.3 is 5.32 Å². The highest BCUT2D eigenvalue weighted by Crippen LogP contribution is 2.24. The van der Waals surface area contributed by atoms with Crippen LogP contribution in [0.5, 0.6) is 0 Å². The molecule has 0 unspecified atom stereocenters. The number of hydrogen-bond acceptors (Lipinski definition) is 2. The molecular weight excluding hydrogens is 185 g/mol. The molecule has 1 aromatic rings. The number of thioether (sulfide) groups is 1. The SMILES string of the molecule is Fc1ccccc1SCC1CNC1. The van der Waals surface area contributed by atoms with Crippen molar-refractivity contribution in [2.24, 2.45) is 5.92 Å². The Morgan fingerprint density at radius 1 is 1.38 bits per heavy atom. The van der Waals surface area contributed by atoms with Crippen LogP contribution in [0.15, 0.2) is 29.2 Å². The second-order valence-corrected chi connectivity index (χ2v) is 4.33. The molecule has 1 nitrogen and oxygen atoms in total. The van der Waals surface area contributed by atoms with Crippen molar-refractivity contribution in [3.63, 3.8) is 0 Å². The van der Waals surface area contributed by atoms with Crippen molar-refractivity contribution in [1.82, 2.24) is 5.32 Å². The molecule has 1 N–H and O–H groups in total. The van der Waals surface area contributed by atoms with E-state index in [-0.39, 0.29) is 5.82 Å². The summed E-state index contributed by atoms with van der Waals surface area (Å²) in [6, 6.07) is 6.96. The highest BCUT2D eigenvalue weighted by Gasteiger charge is 2.16. The first kappa shape index (κ1) is 9.03. The lowest BCUT2D eigenvalue weighted by Crippen LogP contribution is -2.43. The number of nitrogens with one attached hydrogen (secondary N) is 1. The molecule has 0 radical (unpaired) electrons. The Morgan fingerprint density at radius 3 is 2.77 bits per heavy atom. The average molecular weight is 197 g/mol. The van der Waals surface area contributed by atoms with E-state index in [9.17, 15) is 4.39 Å². The molecule has 0 saturated carbocycles. The Balaban J connectivity index is 1.89. The van der Waals surface area contributed by atoms with E-state index in [2.05, 4.69) is 5.32 Å². The largest absolute Gasteiger partial charge is 0.316 e. The fraction of sp³-hybridized carbons (Fsp3) is 0.400. The predicted octanol–water partition coefficient (Wildman–Crippen LogP) is 2.14. The van der Waals surface area contributed by atoms with Crippen molar-refractivity contribution in [2.45, 2.75) is 4.90 Å². The van der Waals surface area contributed by atoms with E-state index in [4.69, 9.17) is 0 Å². The minimum atomic E-state index is -0.0974. The number of hydrogen-bond donors (Lipinski definition) is 1. The van der Waals surface area contributed by atoms with Crippen LogP contribution in [0.1, 0.15) is 0 Å². The van der Waals surface area contributed by atoms with E-state index in [0.717, 1.165) is 29.7 Å². The van der Waals surface area contributed by atoms with Gasteiger partial charge in [-0.25, -0.2) is 4.39 Å². The van der Waals surface area contributed by atoms with Gasteiger partial charge in [-0.3, -0.25) is 0 Å². The number of rotatable bonds is 3. The molecule has 0 amide bonds. The second-order valence-electron chi connectivity index (χ2n) is 3.27. The van der Waals surface area contributed by atoms with E-state index in [0.29, 0.717) is 0 Å². The summed E-state index contributed by atoms with van der Waals surface area (Å²) in [6.45, 7) is 2.17.